The fourth-order valence-electron chi connectivity index (χ4n) is 1.98. The molecule has 0 bridgehead atoms. The van der Waals surface area contributed by atoms with Gasteiger partial charge in [-0.05, 0) is 28.1 Å². The Balaban J connectivity index is 2.28. The summed E-state index contributed by atoms with van der Waals surface area (Å²) in [7, 11) is 0. The number of hydrogen-bond donors (Lipinski definition) is 1. The van der Waals surface area contributed by atoms with Crippen molar-refractivity contribution in [3.8, 4) is 5.75 Å². The van der Waals surface area contributed by atoms with E-state index in [1.165, 1.54) is 23.6 Å². The smallest absolute Gasteiger partial charge is 0.228 e. The summed E-state index contributed by atoms with van der Waals surface area (Å²) in [6.45, 7) is 1.92. The lowest BCUT2D eigenvalue weighted by Gasteiger charge is -2.19. The Morgan fingerprint density at radius 3 is 2.79 bits per heavy atom. The van der Waals surface area contributed by atoms with Crippen molar-refractivity contribution in [2.45, 2.75) is 18.6 Å². The highest BCUT2D eigenvalue weighted by atomic mass is 79.9. The molecule has 1 aromatic carbocycles. The second kappa shape index (κ2) is 5.85. The maximum atomic E-state index is 12.0. The fourth-order valence-corrected chi connectivity index (χ4v) is 4.10. The number of amides is 1. The molecule has 0 spiro atoms. The van der Waals surface area contributed by atoms with Gasteiger partial charge >= 0.3 is 0 Å². The zero-order chi connectivity index (χ0) is 14.2. The van der Waals surface area contributed by atoms with Crippen LogP contribution in [-0.2, 0) is 9.59 Å². The summed E-state index contributed by atoms with van der Waals surface area (Å²) in [4.78, 5) is 24.6. The molecular formula is C12H11Br2NO3S. The summed E-state index contributed by atoms with van der Waals surface area (Å²) < 4.78 is 1.29. The second-order valence-electron chi connectivity index (χ2n) is 4.20. The van der Waals surface area contributed by atoms with Crippen LogP contribution in [0.5, 0.6) is 5.75 Å². The largest absolute Gasteiger partial charge is 0.505 e. The van der Waals surface area contributed by atoms with Crippen LogP contribution in [0.1, 0.15) is 13.3 Å². The number of halogens is 2. The number of rotatable bonds is 2. The molecule has 1 aliphatic rings. The summed E-state index contributed by atoms with van der Waals surface area (Å²) in [6.07, 6.45) is 0.313. The van der Waals surface area contributed by atoms with Gasteiger partial charge in [0.1, 0.15) is 0 Å². The van der Waals surface area contributed by atoms with Crippen LogP contribution in [0, 0.1) is 0 Å². The lowest BCUT2D eigenvalue weighted by molar-refractivity contribution is -0.117. The third-order valence-corrected chi connectivity index (χ3v) is 4.76. The number of anilines is 1. The first-order valence-electron chi connectivity index (χ1n) is 5.54. The van der Waals surface area contributed by atoms with Crippen molar-refractivity contribution < 1.29 is 14.7 Å². The second-order valence-corrected chi connectivity index (χ2v) is 7.44. The number of phenolic OH excluding ortho intramolecular Hbond substituents is 1. The van der Waals surface area contributed by atoms with Gasteiger partial charge in [-0.25, -0.2) is 0 Å². The Labute approximate surface area is 131 Å². The van der Waals surface area contributed by atoms with Gasteiger partial charge in [0.2, 0.25) is 5.91 Å². The summed E-state index contributed by atoms with van der Waals surface area (Å²) in [5, 5.41) is 9.98. The molecule has 1 aliphatic heterocycles. The molecule has 1 unspecified atom stereocenters. The first kappa shape index (κ1) is 14.9. The molecular weight excluding hydrogens is 398 g/mol. The molecule has 1 atom stereocenters. The van der Waals surface area contributed by atoms with E-state index in [9.17, 15) is 14.7 Å². The number of benzene rings is 1. The predicted octanol–water partition coefficient (Wildman–Crippen LogP) is 3.30. The van der Waals surface area contributed by atoms with Crippen LogP contribution in [0.25, 0.3) is 0 Å². The van der Waals surface area contributed by atoms with E-state index in [4.69, 9.17) is 0 Å². The molecule has 1 N–H and O–H groups in total. The Kier molecular flexibility index (Phi) is 4.58. The molecule has 1 saturated heterocycles. The highest BCUT2D eigenvalue weighted by molar-refractivity contribution is 9.11. The quantitative estimate of drug-likeness (QED) is 0.815. The molecule has 7 heteroatoms. The van der Waals surface area contributed by atoms with Crippen LogP contribution in [0.15, 0.2) is 21.1 Å². The molecule has 0 aliphatic carbocycles. The number of nitrogens with zero attached hydrogens (tertiary/aromatic N) is 1. The molecule has 4 nitrogen and oxygen atoms in total. The standard InChI is InChI=1S/C12H11Br2NO3S/c1-6(16)19-8-4-11(17)15(5-8)10-3-7(13)2-9(14)12(10)18/h2-3,8,18H,4-5H2,1H3. The number of hydrogen-bond acceptors (Lipinski definition) is 4. The number of aromatic hydroxyl groups is 1. The number of carbonyl (C=O) groups excluding carboxylic acids is 2. The van der Waals surface area contributed by atoms with E-state index in [0.29, 0.717) is 23.1 Å². The Hall–Kier alpha value is -0.530. The zero-order valence-corrected chi connectivity index (χ0v) is 14.0. The summed E-state index contributed by atoms with van der Waals surface area (Å²) in [5.74, 6) is -0.0518. The maximum absolute atomic E-state index is 12.0. The van der Waals surface area contributed by atoms with Crippen LogP contribution in [-0.4, -0.2) is 27.9 Å². The van der Waals surface area contributed by atoms with Gasteiger partial charge < -0.3 is 10.0 Å². The van der Waals surface area contributed by atoms with E-state index in [1.54, 1.807) is 12.1 Å². The average Bonchev–Trinajstić information content (AvgIpc) is 2.63. The molecule has 102 valence electrons. The topological polar surface area (TPSA) is 57.6 Å². The highest BCUT2D eigenvalue weighted by Crippen LogP contribution is 2.40. The summed E-state index contributed by atoms with van der Waals surface area (Å²) in [6, 6.07) is 3.40. The summed E-state index contributed by atoms with van der Waals surface area (Å²) in [5.41, 5.74) is 0.456. The third-order valence-electron chi connectivity index (χ3n) is 2.72. The van der Waals surface area contributed by atoms with E-state index < -0.39 is 0 Å². The number of carbonyl (C=O) groups is 2. The minimum Gasteiger partial charge on any atom is -0.505 e. The van der Waals surface area contributed by atoms with Crippen molar-refractivity contribution in [1.29, 1.82) is 0 Å². The van der Waals surface area contributed by atoms with E-state index in [-0.39, 0.29) is 22.0 Å². The lowest BCUT2D eigenvalue weighted by Crippen LogP contribution is -2.25. The first-order valence-corrected chi connectivity index (χ1v) is 8.00. The van der Waals surface area contributed by atoms with Gasteiger partial charge in [-0.1, -0.05) is 27.7 Å². The van der Waals surface area contributed by atoms with Crippen molar-refractivity contribution in [3.63, 3.8) is 0 Å². The molecule has 19 heavy (non-hydrogen) atoms. The highest BCUT2D eigenvalue weighted by Gasteiger charge is 2.33. The molecule has 1 amide bonds. The minimum atomic E-state index is -0.0842. The molecule has 0 aromatic heterocycles. The monoisotopic (exact) mass is 407 g/mol. The van der Waals surface area contributed by atoms with Gasteiger partial charge in [0.05, 0.1) is 10.2 Å². The van der Waals surface area contributed by atoms with Crippen LogP contribution < -0.4 is 4.90 Å². The van der Waals surface area contributed by atoms with E-state index >= 15 is 0 Å². The minimum absolute atomic E-state index is 0.000653. The molecule has 1 heterocycles. The molecule has 0 radical (unpaired) electrons. The lowest BCUT2D eigenvalue weighted by atomic mass is 10.2. The average molecular weight is 409 g/mol. The van der Waals surface area contributed by atoms with Crippen LogP contribution in [0.4, 0.5) is 5.69 Å². The Morgan fingerprint density at radius 2 is 2.16 bits per heavy atom. The van der Waals surface area contributed by atoms with Gasteiger partial charge in [-0.3, -0.25) is 9.59 Å². The van der Waals surface area contributed by atoms with Gasteiger partial charge in [-0.15, -0.1) is 0 Å². The number of thioether (sulfide) groups is 1. The van der Waals surface area contributed by atoms with Crippen molar-refractivity contribution in [1.82, 2.24) is 0 Å². The predicted molar refractivity (Wildman–Crippen MR) is 82.5 cm³/mol. The van der Waals surface area contributed by atoms with E-state index in [0.717, 1.165) is 4.47 Å². The van der Waals surface area contributed by atoms with Gasteiger partial charge in [-0.2, -0.15) is 0 Å². The van der Waals surface area contributed by atoms with Gasteiger partial charge in [0.25, 0.3) is 0 Å². The zero-order valence-electron chi connectivity index (χ0n) is 10.0. The van der Waals surface area contributed by atoms with Crippen LogP contribution in [0.3, 0.4) is 0 Å². The fraction of sp³-hybridized carbons (Fsp3) is 0.333. The Morgan fingerprint density at radius 1 is 1.47 bits per heavy atom. The molecule has 1 fully saturated rings. The SMILES string of the molecule is CC(=O)SC1CC(=O)N(c2cc(Br)cc(Br)c2O)C1. The summed E-state index contributed by atoms with van der Waals surface area (Å²) >= 11 is 7.75. The van der Waals surface area contributed by atoms with Crippen molar-refractivity contribution in [2.75, 3.05) is 11.4 Å². The third kappa shape index (κ3) is 3.32. The van der Waals surface area contributed by atoms with Crippen molar-refractivity contribution in [3.05, 3.63) is 21.1 Å². The normalized spacial score (nSPS) is 19.0. The van der Waals surface area contributed by atoms with Crippen molar-refractivity contribution >= 4 is 60.3 Å². The van der Waals surface area contributed by atoms with Crippen LogP contribution >= 0.6 is 43.6 Å². The number of phenols is 1. The molecule has 2 rings (SSSR count). The molecule has 1 aromatic rings. The van der Waals surface area contributed by atoms with Crippen molar-refractivity contribution in [2.24, 2.45) is 0 Å². The van der Waals surface area contributed by atoms with E-state index in [1.807, 2.05) is 0 Å². The Bertz CT molecular complexity index is 550. The first-order chi connectivity index (χ1) is 8.88. The molecule has 0 saturated carbocycles. The van der Waals surface area contributed by atoms with Crippen LogP contribution in [0.2, 0.25) is 0 Å². The van der Waals surface area contributed by atoms with E-state index in [2.05, 4.69) is 31.9 Å². The maximum Gasteiger partial charge on any atom is 0.228 e. The van der Waals surface area contributed by atoms with Gasteiger partial charge in [0, 0.05) is 29.6 Å². The van der Waals surface area contributed by atoms with Gasteiger partial charge in [0.15, 0.2) is 10.9 Å².